The van der Waals surface area contributed by atoms with E-state index in [0.717, 1.165) is 25.1 Å². The molecule has 0 unspecified atom stereocenters. The zero-order valence-corrected chi connectivity index (χ0v) is 10.1. The summed E-state index contributed by atoms with van der Waals surface area (Å²) in [4.78, 5) is 0. The van der Waals surface area contributed by atoms with E-state index in [2.05, 4.69) is 5.32 Å². The molecule has 0 bridgehead atoms. The number of halogens is 1. The van der Waals surface area contributed by atoms with Gasteiger partial charge < -0.3 is 10.1 Å². The molecule has 2 nitrogen and oxygen atoms in total. The number of ether oxygens (including phenoxy) is 1. The van der Waals surface area contributed by atoms with Crippen molar-refractivity contribution in [2.45, 2.75) is 19.3 Å². The van der Waals surface area contributed by atoms with Crippen LogP contribution < -0.4 is 10.1 Å². The van der Waals surface area contributed by atoms with Crippen molar-refractivity contribution in [3.63, 3.8) is 0 Å². The highest BCUT2D eigenvalue weighted by molar-refractivity contribution is 5.35. The molecule has 2 fully saturated rings. The zero-order valence-electron chi connectivity index (χ0n) is 10.1. The third kappa shape index (κ3) is 1.82. The Morgan fingerprint density at radius 2 is 2.18 bits per heavy atom. The first-order chi connectivity index (χ1) is 8.22. The molecule has 0 aromatic heterocycles. The number of nitrogens with one attached hydrogen (secondary N) is 1. The van der Waals surface area contributed by atoms with Crippen LogP contribution in [0.3, 0.4) is 0 Å². The standard InChI is InChI=1S/C14H18FNO/c1-17-13-4-2-3-12(15)11(13)5-10-6-14(7-10)8-16-9-14/h2-4,10,16H,5-9H2,1H3. The van der Waals surface area contributed by atoms with E-state index >= 15 is 0 Å². The monoisotopic (exact) mass is 235 g/mol. The molecule has 2 aliphatic rings. The van der Waals surface area contributed by atoms with Crippen molar-refractivity contribution >= 4 is 0 Å². The summed E-state index contributed by atoms with van der Waals surface area (Å²) in [7, 11) is 1.61. The molecular weight excluding hydrogens is 217 g/mol. The van der Waals surface area contributed by atoms with Gasteiger partial charge in [0, 0.05) is 18.7 Å². The Morgan fingerprint density at radius 3 is 2.76 bits per heavy atom. The predicted molar refractivity (Wildman–Crippen MR) is 64.7 cm³/mol. The molecular formula is C14H18FNO. The van der Waals surface area contributed by atoms with Gasteiger partial charge >= 0.3 is 0 Å². The predicted octanol–water partition coefficient (Wildman–Crippen LogP) is 2.38. The number of methoxy groups -OCH3 is 1. The Kier molecular flexibility index (Phi) is 2.58. The molecule has 0 amide bonds. The van der Waals surface area contributed by atoms with Gasteiger partial charge in [0.15, 0.2) is 0 Å². The Hall–Kier alpha value is -1.09. The number of hydrogen-bond acceptors (Lipinski definition) is 2. The molecule has 17 heavy (non-hydrogen) atoms. The number of hydrogen-bond donors (Lipinski definition) is 1. The summed E-state index contributed by atoms with van der Waals surface area (Å²) in [6.45, 7) is 2.30. The van der Waals surface area contributed by atoms with Gasteiger partial charge in [-0.25, -0.2) is 4.39 Å². The zero-order chi connectivity index (χ0) is 11.9. The molecule has 1 saturated carbocycles. The second-order valence-electron chi connectivity index (χ2n) is 5.50. The van der Waals surface area contributed by atoms with Gasteiger partial charge in [0.2, 0.25) is 0 Å². The van der Waals surface area contributed by atoms with Crippen molar-refractivity contribution in [1.82, 2.24) is 5.32 Å². The quantitative estimate of drug-likeness (QED) is 0.868. The van der Waals surface area contributed by atoms with Crippen molar-refractivity contribution in [2.24, 2.45) is 11.3 Å². The van der Waals surface area contributed by atoms with Crippen LogP contribution >= 0.6 is 0 Å². The molecule has 1 saturated heterocycles. The molecule has 1 N–H and O–H groups in total. The van der Waals surface area contributed by atoms with E-state index in [0.29, 0.717) is 17.1 Å². The minimum Gasteiger partial charge on any atom is -0.496 e. The van der Waals surface area contributed by atoms with Gasteiger partial charge in [-0.05, 0) is 42.7 Å². The Balaban J connectivity index is 1.69. The normalized spacial score (nSPS) is 22.0. The minimum absolute atomic E-state index is 0.128. The van der Waals surface area contributed by atoms with Crippen LogP contribution in [-0.4, -0.2) is 20.2 Å². The summed E-state index contributed by atoms with van der Waals surface area (Å²) in [5.41, 5.74) is 1.31. The SMILES string of the molecule is COc1cccc(F)c1CC1CC2(CNC2)C1. The molecule has 3 rings (SSSR count). The van der Waals surface area contributed by atoms with E-state index in [1.54, 1.807) is 13.2 Å². The van der Waals surface area contributed by atoms with Crippen LogP contribution in [0.2, 0.25) is 0 Å². The molecule has 1 spiro atoms. The van der Waals surface area contributed by atoms with Crippen molar-refractivity contribution in [1.29, 1.82) is 0 Å². The number of benzene rings is 1. The van der Waals surface area contributed by atoms with Crippen LogP contribution in [0, 0.1) is 17.2 Å². The van der Waals surface area contributed by atoms with Gasteiger partial charge in [-0.2, -0.15) is 0 Å². The average Bonchev–Trinajstić information content (AvgIpc) is 2.21. The molecule has 1 aromatic rings. The van der Waals surface area contributed by atoms with Crippen LogP contribution in [0.25, 0.3) is 0 Å². The van der Waals surface area contributed by atoms with Gasteiger partial charge in [-0.15, -0.1) is 0 Å². The van der Waals surface area contributed by atoms with Crippen molar-refractivity contribution in [3.8, 4) is 5.75 Å². The van der Waals surface area contributed by atoms with Crippen LogP contribution in [0.15, 0.2) is 18.2 Å². The first-order valence-electron chi connectivity index (χ1n) is 6.24. The van der Waals surface area contributed by atoms with Crippen LogP contribution in [0.1, 0.15) is 18.4 Å². The van der Waals surface area contributed by atoms with Gasteiger partial charge in [-0.1, -0.05) is 6.07 Å². The smallest absolute Gasteiger partial charge is 0.130 e. The Morgan fingerprint density at radius 1 is 1.41 bits per heavy atom. The lowest BCUT2D eigenvalue weighted by atomic mass is 9.57. The van der Waals surface area contributed by atoms with Crippen LogP contribution in [0.5, 0.6) is 5.75 Å². The average molecular weight is 235 g/mol. The highest BCUT2D eigenvalue weighted by Gasteiger charge is 2.48. The molecule has 1 aromatic carbocycles. The van der Waals surface area contributed by atoms with Crippen LogP contribution in [-0.2, 0) is 6.42 Å². The fraction of sp³-hybridized carbons (Fsp3) is 0.571. The summed E-state index contributed by atoms with van der Waals surface area (Å²) in [5, 5.41) is 3.32. The second kappa shape index (κ2) is 3.98. The van der Waals surface area contributed by atoms with Gasteiger partial charge in [0.1, 0.15) is 11.6 Å². The highest BCUT2D eigenvalue weighted by atomic mass is 19.1. The van der Waals surface area contributed by atoms with Gasteiger partial charge in [-0.3, -0.25) is 0 Å². The molecule has 1 aliphatic heterocycles. The third-order valence-electron chi connectivity index (χ3n) is 4.23. The van der Waals surface area contributed by atoms with E-state index in [-0.39, 0.29) is 5.82 Å². The topological polar surface area (TPSA) is 21.3 Å². The maximum atomic E-state index is 13.8. The maximum absolute atomic E-state index is 13.8. The van der Waals surface area contributed by atoms with Crippen molar-refractivity contribution in [2.75, 3.05) is 20.2 Å². The lowest BCUT2D eigenvalue weighted by Gasteiger charge is -2.54. The first-order valence-corrected chi connectivity index (χ1v) is 6.24. The summed E-state index contributed by atoms with van der Waals surface area (Å²) in [5.74, 6) is 1.19. The molecule has 0 atom stereocenters. The van der Waals surface area contributed by atoms with E-state index in [1.165, 1.54) is 18.9 Å². The second-order valence-corrected chi connectivity index (χ2v) is 5.50. The molecule has 92 valence electrons. The maximum Gasteiger partial charge on any atom is 0.130 e. The highest BCUT2D eigenvalue weighted by Crippen LogP contribution is 2.50. The lowest BCUT2D eigenvalue weighted by molar-refractivity contribution is 0.000335. The molecule has 0 radical (unpaired) electrons. The summed E-state index contributed by atoms with van der Waals surface area (Å²) < 4.78 is 19.0. The fourth-order valence-corrected chi connectivity index (χ4v) is 3.29. The van der Waals surface area contributed by atoms with Crippen molar-refractivity contribution in [3.05, 3.63) is 29.6 Å². The molecule has 3 heteroatoms. The third-order valence-corrected chi connectivity index (χ3v) is 4.23. The molecule has 1 heterocycles. The van der Waals surface area contributed by atoms with E-state index in [4.69, 9.17) is 4.74 Å². The van der Waals surface area contributed by atoms with E-state index < -0.39 is 0 Å². The van der Waals surface area contributed by atoms with Crippen LogP contribution in [0.4, 0.5) is 4.39 Å². The van der Waals surface area contributed by atoms with Gasteiger partial charge in [0.05, 0.1) is 7.11 Å². The largest absolute Gasteiger partial charge is 0.496 e. The van der Waals surface area contributed by atoms with Gasteiger partial charge in [0.25, 0.3) is 0 Å². The molecule has 1 aliphatic carbocycles. The minimum atomic E-state index is -0.128. The summed E-state index contributed by atoms with van der Waals surface area (Å²) in [6, 6.07) is 5.07. The summed E-state index contributed by atoms with van der Waals surface area (Å²) in [6.07, 6.45) is 3.28. The Labute approximate surface area is 101 Å². The fourth-order valence-electron chi connectivity index (χ4n) is 3.29. The lowest BCUT2D eigenvalue weighted by Crippen LogP contribution is -2.60. The van der Waals surface area contributed by atoms with E-state index in [9.17, 15) is 4.39 Å². The Bertz CT molecular complexity index is 420. The van der Waals surface area contributed by atoms with Crippen molar-refractivity contribution < 1.29 is 9.13 Å². The summed E-state index contributed by atoms with van der Waals surface area (Å²) >= 11 is 0. The van der Waals surface area contributed by atoms with E-state index in [1.807, 2.05) is 6.07 Å². The number of rotatable bonds is 3. The first kappa shape index (κ1) is 11.0.